The zero-order chi connectivity index (χ0) is 15.2. The number of aliphatic hydroxyl groups is 1. The Kier molecular flexibility index (Phi) is 2.19. The second kappa shape index (κ2) is 3.99. The Morgan fingerprint density at radius 3 is 1.83 bits per heavy atom. The van der Waals surface area contributed by atoms with E-state index in [2.05, 4.69) is 24.3 Å². The fourth-order valence-electron chi connectivity index (χ4n) is 6.52. The van der Waals surface area contributed by atoms with Crippen LogP contribution in [0.3, 0.4) is 0 Å². The van der Waals surface area contributed by atoms with Gasteiger partial charge < -0.3 is 9.84 Å². The highest BCUT2D eigenvalue weighted by atomic mass is 16.5. The van der Waals surface area contributed by atoms with Crippen LogP contribution in [0.5, 0.6) is 11.5 Å². The lowest BCUT2D eigenvalue weighted by Gasteiger charge is -2.43. The normalized spacial score (nSPS) is 39.3. The fraction of sp³-hybridized carbons (Fsp3) is 0.429. The second-order valence-electron chi connectivity index (χ2n) is 7.94. The van der Waals surface area contributed by atoms with Crippen LogP contribution in [0.1, 0.15) is 36.3 Å². The minimum atomic E-state index is -0.580. The molecule has 2 heteroatoms. The molecule has 0 aromatic heterocycles. The van der Waals surface area contributed by atoms with Crippen LogP contribution in [0.15, 0.2) is 48.5 Å². The maximum atomic E-state index is 12.0. The van der Waals surface area contributed by atoms with Gasteiger partial charge in [-0.25, -0.2) is 0 Å². The van der Waals surface area contributed by atoms with Crippen LogP contribution in [-0.2, 0) is 0 Å². The van der Waals surface area contributed by atoms with Gasteiger partial charge in [0.25, 0.3) is 0 Å². The highest BCUT2D eigenvalue weighted by Gasteiger charge is 2.70. The van der Waals surface area contributed by atoms with Crippen molar-refractivity contribution in [1.82, 2.24) is 0 Å². The Hall–Kier alpha value is -1.80. The van der Waals surface area contributed by atoms with E-state index in [1.807, 2.05) is 24.3 Å². The molecule has 116 valence electrons. The second-order valence-corrected chi connectivity index (χ2v) is 7.94. The number of hydrogen-bond acceptors (Lipinski definition) is 2. The van der Waals surface area contributed by atoms with E-state index in [1.165, 1.54) is 30.4 Å². The summed E-state index contributed by atoms with van der Waals surface area (Å²) in [4.78, 5) is 0. The molecular formula is C21H20O2. The first kappa shape index (κ1) is 12.6. The van der Waals surface area contributed by atoms with Gasteiger partial charge >= 0.3 is 0 Å². The molecule has 23 heavy (non-hydrogen) atoms. The molecule has 0 amide bonds. The quantitative estimate of drug-likeness (QED) is 0.849. The Morgan fingerprint density at radius 1 is 0.783 bits per heavy atom. The van der Waals surface area contributed by atoms with E-state index in [0.29, 0.717) is 11.8 Å². The summed E-state index contributed by atoms with van der Waals surface area (Å²) in [5.41, 5.74) is 1.77. The van der Waals surface area contributed by atoms with Gasteiger partial charge in [-0.3, -0.25) is 0 Å². The van der Waals surface area contributed by atoms with Crippen molar-refractivity contribution in [1.29, 1.82) is 0 Å². The van der Waals surface area contributed by atoms with Crippen LogP contribution < -0.4 is 4.74 Å². The van der Waals surface area contributed by atoms with E-state index in [9.17, 15) is 5.11 Å². The molecule has 2 aromatic rings. The molecule has 2 aromatic carbocycles. The molecule has 4 aliphatic carbocycles. The van der Waals surface area contributed by atoms with Crippen LogP contribution in [0, 0.1) is 23.7 Å². The standard InChI is InChI=1S/C21H20O2/c22-21(16-10-12-9-13(16)11-17(12)21)20-14-5-1-3-7-18(14)23-19-8-4-2-6-15(19)20/h1-8,12-13,16-17,20,22H,9-11H2/t12-,13-,16-,17-/m1/s1. The summed E-state index contributed by atoms with van der Waals surface area (Å²) in [6.45, 7) is 0. The van der Waals surface area contributed by atoms with Crippen LogP contribution in [0.4, 0.5) is 0 Å². The lowest BCUT2D eigenvalue weighted by Crippen LogP contribution is -2.45. The summed E-state index contributed by atoms with van der Waals surface area (Å²) in [6.07, 6.45) is 3.81. The van der Waals surface area contributed by atoms with Gasteiger partial charge in [-0.05, 0) is 55.1 Å². The van der Waals surface area contributed by atoms with Gasteiger partial charge in [-0.15, -0.1) is 0 Å². The van der Waals surface area contributed by atoms with Crippen LogP contribution >= 0.6 is 0 Å². The summed E-state index contributed by atoms with van der Waals surface area (Å²) >= 11 is 0. The third-order valence-electron chi connectivity index (χ3n) is 7.19. The Morgan fingerprint density at radius 2 is 1.30 bits per heavy atom. The molecule has 7 rings (SSSR count). The highest BCUT2D eigenvalue weighted by Crippen LogP contribution is 2.72. The van der Waals surface area contributed by atoms with E-state index in [-0.39, 0.29) is 5.92 Å². The van der Waals surface area contributed by atoms with E-state index in [4.69, 9.17) is 4.74 Å². The SMILES string of the molecule is OC1(C2c3ccccc3Oc3ccccc32)[C@@H]2C[C@H]3C[C@@H]2C[C@H]31. The van der Waals surface area contributed by atoms with Gasteiger partial charge in [0.1, 0.15) is 11.5 Å². The molecule has 5 aliphatic rings. The van der Waals surface area contributed by atoms with Gasteiger partial charge in [-0.2, -0.15) is 0 Å². The molecule has 2 nitrogen and oxygen atoms in total. The average molecular weight is 304 g/mol. The monoisotopic (exact) mass is 304 g/mol. The molecule has 4 saturated carbocycles. The van der Waals surface area contributed by atoms with Crippen molar-refractivity contribution >= 4 is 0 Å². The zero-order valence-electron chi connectivity index (χ0n) is 13.0. The molecule has 0 unspecified atom stereocenters. The number of hydrogen-bond donors (Lipinski definition) is 1. The van der Waals surface area contributed by atoms with E-state index >= 15 is 0 Å². The van der Waals surface area contributed by atoms with Crippen LogP contribution in [0.2, 0.25) is 0 Å². The van der Waals surface area contributed by atoms with Gasteiger partial charge in [-0.1, -0.05) is 36.4 Å². The third-order valence-corrected chi connectivity index (χ3v) is 7.19. The first-order chi connectivity index (χ1) is 11.3. The van der Waals surface area contributed by atoms with Crippen molar-refractivity contribution in [2.75, 3.05) is 0 Å². The summed E-state index contributed by atoms with van der Waals surface area (Å²) in [5.74, 6) is 4.35. The van der Waals surface area contributed by atoms with E-state index in [0.717, 1.165) is 23.3 Å². The first-order valence-electron chi connectivity index (χ1n) is 8.85. The molecule has 4 atom stereocenters. The van der Waals surface area contributed by atoms with E-state index < -0.39 is 5.60 Å². The minimum absolute atomic E-state index is 0.0638. The Balaban J connectivity index is 1.60. The largest absolute Gasteiger partial charge is 0.457 e. The summed E-state index contributed by atoms with van der Waals surface area (Å²) in [6, 6.07) is 16.6. The minimum Gasteiger partial charge on any atom is -0.457 e. The van der Waals surface area contributed by atoms with Crippen LogP contribution in [-0.4, -0.2) is 10.7 Å². The third kappa shape index (κ3) is 1.36. The smallest absolute Gasteiger partial charge is 0.131 e. The highest BCUT2D eigenvalue weighted by molar-refractivity contribution is 5.56. The number of benzene rings is 2. The van der Waals surface area contributed by atoms with Gasteiger partial charge in [0.15, 0.2) is 0 Å². The maximum absolute atomic E-state index is 12.0. The van der Waals surface area contributed by atoms with Gasteiger partial charge in [0.05, 0.1) is 5.60 Å². The van der Waals surface area contributed by atoms with Gasteiger partial charge in [0.2, 0.25) is 0 Å². The number of para-hydroxylation sites is 2. The number of fused-ring (bicyclic) bond motifs is 2. The van der Waals surface area contributed by atoms with Crippen molar-refractivity contribution in [2.24, 2.45) is 23.7 Å². The molecule has 0 spiro atoms. The molecule has 1 heterocycles. The van der Waals surface area contributed by atoms with Gasteiger partial charge in [0, 0.05) is 17.0 Å². The fourth-order valence-corrected chi connectivity index (χ4v) is 6.52. The first-order valence-corrected chi connectivity index (χ1v) is 8.85. The lowest BCUT2D eigenvalue weighted by molar-refractivity contribution is -0.0421. The van der Waals surface area contributed by atoms with Crippen molar-refractivity contribution < 1.29 is 9.84 Å². The lowest BCUT2D eigenvalue weighted by atomic mass is 9.68. The van der Waals surface area contributed by atoms with E-state index in [1.54, 1.807) is 0 Å². The van der Waals surface area contributed by atoms with Crippen molar-refractivity contribution in [3.05, 3.63) is 59.7 Å². The average Bonchev–Trinajstić information content (AvgIpc) is 3.30. The molecule has 0 radical (unpaired) electrons. The molecule has 4 fully saturated rings. The van der Waals surface area contributed by atoms with Crippen LogP contribution in [0.25, 0.3) is 0 Å². The summed E-state index contributed by atoms with van der Waals surface area (Å²) in [5, 5.41) is 12.0. The number of ether oxygens (including phenoxy) is 1. The molecule has 0 saturated heterocycles. The maximum Gasteiger partial charge on any atom is 0.131 e. The Bertz CT molecular complexity index is 749. The molecule has 1 N–H and O–H groups in total. The van der Waals surface area contributed by atoms with Crippen molar-refractivity contribution in [3.63, 3.8) is 0 Å². The zero-order valence-corrected chi connectivity index (χ0v) is 13.0. The van der Waals surface area contributed by atoms with Crippen molar-refractivity contribution in [3.8, 4) is 11.5 Å². The molecule has 4 bridgehead atoms. The summed E-state index contributed by atoms with van der Waals surface area (Å²) < 4.78 is 6.13. The predicted molar refractivity (Wildman–Crippen MR) is 87.6 cm³/mol. The topological polar surface area (TPSA) is 29.5 Å². The predicted octanol–water partition coefficient (Wildman–Crippen LogP) is 4.33. The summed E-state index contributed by atoms with van der Waals surface area (Å²) in [7, 11) is 0. The Labute approximate surface area is 136 Å². The molecular weight excluding hydrogens is 284 g/mol. The number of rotatable bonds is 1. The molecule has 1 aliphatic heterocycles. The van der Waals surface area contributed by atoms with Crippen molar-refractivity contribution in [2.45, 2.75) is 30.8 Å².